The van der Waals surface area contributed by atoms with E-state index in [1.807, 2.05) is 41.3 Å². The first-order valence-corrected chi connectivity index (χ1v) is 10.3. The van der Waals surface area contributed by atoms with E-state index in [1.54, 1.807) is 6.20 Å². The summed E-state index contributed by atoms with van der Waals surface area (Å²) in [6.07, 6.45) is 3.16. The molecular formula is C20H18N6O3S. The summed E-state index contributed by atoms with van der Waals surface area (Å²) in [5.41, 5.74) is 0.891. The highest BCUT2D eigenvalue weighted by molar-refractivity contribution is 8.18. The Morgan fingerprint density at radius 2 is 1.90 bits per heavy atom. The number of nitrogens with zero attached hydrogens (tertiary/aromatic N) is 4. The summed E-state index contributed by atoms with van der Waals surface area (Å²) >= 11 is 0.843. The van der Waals surface area contributed by atoms with E-state index >= 15 is 0 Å². The number of hydrogen-bond donors (Lipinski definition) is 2. The summed E-state index contributed by atoms with van der Waals surface area (Å²) in [4.78, 5) is 48.2. The maximum atomic E-state index is 12.3. The second kappa shape index (κ2) is 7.13. The normalized spacial score (nSPS) is 20.7. The summed E-state index contributed by atoms with van der Waals surface area (Å²) in [6, 6.07) is 11.2. The minimum Gasteiger partial charge on any atom is -0.355 e. The lowest BCUT2D eigenvalue weighted by molar-refractivity contribution is -0.115. The quantitative estimate of drug-likeness (QED) is 0.730. The fourth-order valence-electron chi connectivity index (χ4n) is 3.90. The molecule has 9 nitrogen and oxygen atoms in total. The summed E-state index contributed by atoms with van der Waals surface area (Å²) in [6.45, 7) is 3.04. The fourth-order valence-corrected chi connectivity index (χ4v) is 4.56. The van der Waals surface area contributed by atoms with Gasteiger partial charge in [-0.05, 0) is 30.0 Å². The first-order valence-electron chi connectivity index (χ1n) is 9.44. The van der Waals surface area contributed by atoms with Gasteiger partial charge in [-0.15, -0.1) is 0 Å². The average Bonchev–Trinajstić information content (AvgIpc) is 2.97. The third-order valence-electron chi connectivity index (χ3n) is 5.30. The van der Waals surface area contributed by atoms with Crippen LogP contribution in [0.4, 0.5) is 21.1 Å². The molecule has 4 amide bonds. The van der Waals surface area contributed by atoms with Crippen LogP contribution in [0.3, 0.4) is 0 Å². The zero-order valence-corrected chi connectivity index (χ0v) is 16.7. The molecule has 0 radical (unpaired) electrons. The summed E-state index contributed by atoms with van der Waals surface area (Å²) < 4.78 is 0. The molecule has 3 saturated heterocycles. The Hall–Kier alpha value is -3.40. The van der Waals surface area contributed by atoms with Gasteiger partial charge < -0.3 is 15.1 Å². The van der Waals surface area contributed by atoms with Crippen LogP contribution in [0.15, 0.2) is 47.5 Å². The Morgan fingerprint density at radius 3 is 2.60 bits per heavy atom. The summed E-state index contributed by atoms with van der Waals surface area (Å²) in [7, 11) is 0. The summed E-state index contributed by atoms with van der Waals surface area (Å²) in [5.74, 6) is 0.730. The van der Waals surface area contributed by atoms with Crippen molar-refractivity contribution in [3.63, 3.8) is 0 Å². The van der Waals surface area contributed by atoms with Crippen LogP contribution in [0.1, 0.15) is 5.82 Å². The zero-order chi connectivity index (χ0) is 20.7. The number of benzene rings is 1. The van der Waals surface area contributed by atoms with Gasteiger partial charge >= 0.3 is 6.03 Å². The van der Waals surface area contributed by atoms with E-state index in [1.165, 1.54) is 6.08 Å². The van der Waals surface area contributed by atoms with Gasteiger partial charge in [0, 0.05) is 49.6 Å². The fraction of sp³-hybridized carbons (Fsp3) is 0.250. The number of anilines is 2. The number of para-hydroxylation sites is 1. The number of hydrogen-bond acceptors (Lipinski definition) is 7. The Kier molecular flexibility index (Phi) is 4.43. The van der Waals surface area contributed by atoms with E-state index in [0.717, 1.165) is 36.4 Å². The smallest absolute Gasteiger partial charge is 0.321 e. The zero-order valence-electron chi connectivity index (χ0n) is 15.9. The number of thioether (sulfide) groups is 1. The maximum absolute atomic E-state index is 12.3. The lowest BCUT2D eigenvalue weighted by Crippen LogP contribution is -2.73. The number of urea groups is 1. The van der Waals surface area contributed by atoms with E-state index < -0.39 is 11.1 Å². The number of nitrogens with one attached hydrogen (secondary N) is 2. The van der Waals surface area contributed by atoms with Crippen LogP contribution >= 0.6 is 11.8 Å². The molecule has 4 heterocycles. The molecule has 3 aliphatic rings. The highest BCUT2D eigenvalue weighted by Crippen LogP contribution is 2.41. The topological polar surface area (TPSA) is 108 Å². The SMILES string of the molecule is O=C1NC(=O)/C(=C/c2nccc(N3CC4(CN(C(=O)Nc5ccccc5)C4)C3)n2)S1. The van der Waals surface area contributed by atoms with E-state index in [9.17, 15) is 14.4 Å². The van der Waals surface area contributed by atoms with Crippen molar-refractivity contribution in [1.82, 2.24) is 20.2 Å². The molecule has 0 saturated carbocycles. The van der Waals surface area contributed by atoms with Gasteiger partial charge in [-0.2, -0.15) is 0 Å². The third-order valence-corrected chi connectivity index (χ3v) is 6.11. The van der Waals surface area contributed by atoms with Gasteiger partial charge in [-0.25, -0.2) is 14.8 Å². The molecular weight excluding hydrogens is 404 g/mol. The molecule has 3 fully saturated rings. The van der Waals surface area contributed by atoms with Gasteiger partial charge in [0.25, 0.3) is 11.1 Å². The highest BCUT2D eigenvalue weighted by Gasteiger charge is 2.53. The monoisotopic (exact) mass is 422 g/mol. The molecule has 2 N–H and O–H groups in total. The van der Waals surface area contributed by atoms with Gasteiger partial charge in [0.15, 0.2) is 5.82 Å². The van der Waals surface area contributed by atoms with Gasteiger partial charge in [0.1, 0.15) is 5.82 Å². The molecule has 152 valence electrons. The van der Waals surface area contributed by atoms with Crippen molar-refractivity contribution in [2.24, 2.45) is 5.41 Å². The van der Waals surface area contributed by atoms with Crippen LogP contribution < -0.4 is 15.5 Å². The van der Waals surface area contributed by atoms with Crippen LogP contribution in [-0.4, -0.2) is 58.2 Å². The molecule has 0 atom stereocenters. The number of aromatic nitrogens is 2. The van der Waals surface area contributed by atoms with E-state index in [-0.39, 0.29) is 16.4 Å². The van der Waals surface area contributed by atoms with Crippen molar-refractivity contribution in [1.29, 1.82) is 0 Å². The maximum Gasteiger partial charge on any atom is 0.321 e. The number of amides is 4. The molecule has 1 spiro atoms. The molecule has 3 aliphatic heterocycles. The van der Waals surface area contributed by atoms with E-state index in [2.05, 4.69) is 25.5 Å². The van der Waals surface area contributed by atoms with Crippen molar-refractivity contribution in [3.8, 4) is 0 Å². The molecule has 30 heavy (non-hydrogen) atoms. The van der Waals surface area contributed by atoms with Crippen LogP contribution in [0.25, 0.3) is 6.08 Å². The highest BCUT2D eigenvalue weighted by atomic mass is 32.2. The Balaban J connectivity index is 1.17. The van der Waals surface area contributed by atoms with Gasteiger partial charge in [-0.1, -0.05) is 18.2 Å². The van der Waals surface area contributed by atoms with Crippen LogP contribution in [0.2, 0.25) is 0 Å². The number of carbonyl (C=O) groups is 3. The second-order valence-corrected chi connectivity index (χ2v) is 8.65. The van der Waals surface area contributed by atoms with Crippen molar-refractivity contribution < 1.29 is 14.4 Å². The minimum absolute atomic E-state index is 0.0805. The van der Waals surface area contributed by atoms with Crippen molar-refractivity contribution in [3.05, 3.63) is 53.3 Å². The van der Waals surface area contributed by atoms with Gasteiger partial charge in [-0.3, -0.25) is 14.9 Å². The number of carbonyl (C=O) groups excluding carboxylic acids is 3. The van der Waals surface area contributed by atoms with Crippen LogP contribution in [0.5, 0.6) is 0 Å². The molecule has 10 heteroatoms. The van der Waals surface area contributed by atoms with Crippen molar-refractivity contribution >= 4 is 46.5 Å². The minimum atomic E-state index is -0.426. The van der Waals surface area contributed by atoms with Crippen molar-refractivity contribution in [2.75, 3.05) is 36.4 Å². The Bertz CT molecular complexity index is 1060. The molecule has 0 aliphatic carbocycles. The van der Waals surface area contributed by atoms with E-state index in [0.29, 0.717) is 18.9 Å². The Labute approximate surface area is 176 Å². The van der Waals surface area contributed by atoms with Crippen molar-refractivity contribution in [2.45, 2.75) is 0 Å². The standard InChI is InChI=1S/C20H18N6O3S/c27-17-14(30-19(29)24-17)8-15-21-7-6-16(23-15)25-9-20(10-25)11-26(12-20)18(28)22-13-4-2-1-3-5-13/h1-8H,9-12H2,(H,22,28)(H,24,27,29)/b14-8-. The molecule has 5 rings (SSSR count). The predicted molar refractivity (Wildman–Crippen MR) is 113 cm³/mol. The van der Waals surface area contributed by atoms with Crippen LogP contribution in [-0.2, 0) is 4.79 Å². The number of rotatable bonds is 3. The first-order chi connectivity index (χ1) is 14.5. The molecule has 1 aromatic carbocycles. The molecule has 2 aromatic rings. The third kappa shape index (κ3) is 3.50. The van der Waals surface area contributed by atoms with E-state index in [4.69, 9.17) is 0 Å². The van der Waals surface area contributed by atoms with Crippen LogP contribution in [0, 0.1) is 5.41 Å². The van der Waals surface area contributed by atoms with Gasteiger partial charge in [0.05, 0.1) is 4.91 Å². The molecule has 0 bridgehead atoms. The second-order valence-electron chi connectivity index (χ2n) is 7.63. The largest absolute Gasteiger partial charge is 0.355 e. The molecule has 0 unspecified atom stereocenters. The molecule has 1 aromatic heterocycles. The first kappa shape index (κ1) is 18.6. The summed E-state index contributed by atoms with van der Waals surface area (Å²) in [5, 5.41) is 4.73. The van der Waals surface area contributed by atoms with Gasteiger partial charge in [0.2, 0.25) is 0 Å². The predicted octanol–water partition coefficient (Wildman–Crippen LogP) is 2.15. The lowest BCUT2D eigenvalue weighted by Gasteiger charge is -2.60. The lowest BCUT2D eigenvalue weighted by atomic mass is 9.73. The average molecular weight is 422 g/mol. The number of likely N-dealkylation sites (tertiary alicyclic amines) is 1. The Morgan fingerprint density at radius 1 is 1.13 bits per heavy atom. The number of imide groups is 1.